The van der Waals surface area contributed by atoms with Crippen molar-refractivity contribution >= 4 is 0 Å². The third kappa shape index (κ3) is 4.32. The first kappa shape index (κ1) is 14.5. The highest BCUT2D eigenvalue weighted by Gasteiger charge is 2.42. The Morgan fingerprint density at radius 3 is 2.21 bits per heavy atom. The molecule has 0 amide bonds. The van der Waals surface area contributed by atoms with Gasteiger partial charge in [0.1, 0.15) is 0 Å². The maximum atomic E-state index is 9.37. The minimum atomic E-state index is 0.215. The second-order valence-electron chi connectivity index (χ2n) is 6.74. The summed E-state index contributed by atoms with van der Waals surface area (Å²) >= 11 is 0. The minimum Gasteiger partial charge on any atom is -0.396 e. The number of nitrogens with zero attached hydrogens (tertiary/aromatic N) is 1. The monoisotopic (exact) mass is 261 g/mol. The van der Waals surface area contributed by atoms with Crippen LogP contribution in [0, 0.1) is 11.3 Å². The Hall–Kier alpha value is -0.860. The van der Waals surface area contributed by atoms with E-state index in [1.807, 2.05) is 0 Å². The van der Waals surface area contributed by atoms with Gasteiger partial charge in [0.05, 0.1) is 0 Å². The Morgan fingerprint density at radius 2 is 1.74 bits per heavy atom. The lowest BCUT2D eigenvalue weighted by molar-refractivity contribution is 0.161. The highest BCUT2D eigenvalue weighted by Crippen LogP contribution is 2.45. The highest BCUT2D eigenvalue weighted by molar-refractivity contribution is 5.22. The van der Waals surface area contributed by atoms with E-state index in [1.165, 1.54) is 24.0 Å². The van der Waals surface area contributed by atoms with E-state index in [0.717, 1.165) is 19.5 Å². The van der Waals surface area contributed by atoms with E-state index < -0.39 is 0 Å². The van der Waals surface area contributed by atoms with Crippen molar-refractivity contribution in [1.82, 2.24) is 4.90 Å². The SMILES string of the molecule is CC(C)Cc1ccc(CN(C)CC2(CO)CC2)cc1. The molecule has 1 aromatic rings. The third-order valence-electron chi connectivity index (χ3n) is 4.02. The van der Waals surface area contributed by atoms with Crippen LogP contribution in [-0.2, 0) is 13.0 Å². The maximum absolute atomic E-state index is 9.37. The molecule has 0 radical (unpaired) electrons. The fraction of sp³-hybridized carbons (Fsp3) is 0.647. The molecular weight excluding hydrogens is 234 g/mol. The lowest BCUT2D eigenvalue weighted by Gasteiger charge is -2.22. The van der Waals surface area contributed by atoms with Crippen molar-refractivity contribution in [2.24, 2.45) is 11.3 Å². The standard InChI is InChI=1S/C17H27NO/c1-14(2)10-15-4-6-16(7-5-15)11-18(3)12-17(13-19)8-9-17/h4-7,14,19H,8-13H2,1-3H3. The number of rotatable bonds is 7. The van der Waals surface area contributed by atoms with Crippen LogP contribution in [0.3, 0.4) is 0 Å². The van der Waals surface area contributed by atoms with Crippen LogP contribution in [0.2, 0.25) is 0 Å². The minimum absolute atomic E-state index is 0.215. The van der Waals surface area contributed by atoms with Gasteiger partial charge < -0.3 is 10.0 Å². The van der Waals surface area contributed by atoms with Gasteiger partial charge in [-0.2, -0.15) is 0 Å². The second-order valence-corrected chi connectivity index (χ2v) is 6.74. The quantitative estimate of drug-likeness (QED) is 0.815. The molecule has 1 aromatic carbocycles. The zero-order chi connectivity index (χ0) is 13.9. The first-order valence-corrected chi connectivity index (χ1v) is 7.40. The Labute approximate surface area is 117 Å². The molecule has 1 aliphatic rings. The molecule has 0 spiro atoms. The topological polar surface area (TPSA) is 23.5 Å². The molecule has 0 aliphatic heterocycles. The van der Waals surface area contributed by atoms with Crippen LogP contribution < -0.4 is 0 Å². The van der Waals surface area contributed by atoms with Crippen LogP contribution in [0.4, 0.5) is 0 Å². The predicted octanol–water partition coefficient (Wildman–Crippen LogP) is 3.09. The first-order valence-electron chi connectivity index (χ1n) is 7.40. The molecule has 2 nitrogen and oxygen atoms in total. The van der Waals surface area contributed by atoms with Crippen molar-refractivity contribution < 1.29 is 5.11 Å². The summed E-state index contributed by atoms with van der Waals surface area (Å²) in [6.45, 7) is 6.84. The summed E-state index contributed by atoms with van der Waals surface area (Å²) in [5, 5.41) is 9.37. The van der Waals surface area contributed by atoms with Crippen molar-refractivity contribution in [2.75, 3.05) is 20.2 Å². The van der Waals surface area contributed by atoms with Crippen molar-refractivity contribution in [2.45, 2.75) is 39.7 Å². The lowest BCUT2D eigenvalue weighted by Crippen LogP contribution is -2.28. The van der Waals surface area contributed by atoms with Crippen LogP contribution in [0.15, 0.2) is 24.3 Å². The number of aliphatic hydroxyl groups excluding tert-OH is 1. The van der Waals surface area contributed by atoms with Gasteiger partial charge in [-0.25, -0.2) is 0 Å². The van der Waals surface area contributed by atoms with Gasteiger partial charge in [-0.15, -0.1) is 0 Å². The summed E-state index contributed by atoms with van der Waals surface area (Å²) in [4.78, 5) is 2.33. The van der Waals surface area contributed by atoms with E-state index >= 15 is 0 Å². The number of benzene rings is 1. The summed E-state index contributed by atoms with van der Waals surface area (Å²) in [7, 11) is 2.15. The molecule has 19 heavy (non-hydrogen) atoms. The molecule has 106 valence electrons. The van der Waals surface area contributed by atoms with E-state index in [2.05, 4.69) is 50.1 Å². The van der Waals surface area contributed by atoms with Gasteiger partial charge in [0, 0.05) is 25.1 Å². The van der Waals surface area contributed by atoms with E-state index in [9.17, 15) is 5.11 Å². The highest BCUT2D eigenvalue weighted by atomic mass is 16.3. The van der Waals surface area contributed by atoms with Crippen LogP contribution in [0.5, 0.6) is 0 Å². The largest absolute Gasteiger partial charge is 0.396 e. The first-order chi connectivity index (χ1) is 9.03. The molecule has 2 rings (SSSR count). The molecule has 1 saturated carbocycles. The summed E-state index contributed by atoms with van der Waals surface area (Å²) in [5.74, 6) is 0.716. The maximum Gasteiger partial charge on any atom is 0.0499 e. The number of hydrogen-bond donors (Lipinski definition) is 1. The Balaban J connectivity index is 1.85. The van der Waals surface area contributed by atoms with Gasteiger partial charge >= 0.3 is 0 Å². The molecule has 1 fully saturated rings. The van der Waals surface area contributed by atoms with Gasteiger partial charge in [0.2, 0.25) is 0 Å². The lowest BCUT2D eigenvalue weighted by atomic mass is 10.0. The summed E-state index contributed by atoms with van der Waals surface area (Å²) in [6.07, 6.45) is 3.52. The molecular formula is C17H27NO. The molecule has 0 bridgehead atoms. The van der Waals surface area contributed by atoms with Crippen LogP contribution in [-0.4, -0.2) is 30.2 Å². The van der Waals surface area contributed by atoms with E-state index in [4.69, 9.17) is 0 Å². The van der Waals surface area contributed by atoms with Crippen molar-refractivity contribution in [3.8, 4) is 0 Å². The van der Waals surface area contributed by atoms with Crippen LogP contribution in [0.1, 0.15) is 37.8 Å². The zero-order valence-electron chi connectivity index (χ0n) is 12.5. The molecule has 0 heterocycles. The van der Waals surface area contributed by atoms with E-state index in [0.29, 0.717) is 12.5 Å². The molecule has 0 aromatic heterocycles. The third-order valence-corrected chi connectivity index (χ3v) is 4.02. The van der Waals surface area contributed by atoms with Crippen LogP contribution in [0.25, 0.3) is 0 Å². The molecule has 0 unspecified atom stereocenters. The van der Waals surface area contributed by atoms with Crippen LogP contribution >= 0.6 is 0 Å². The van der Waals surface area contributed by atoms with Crippen molar-refractivity contribution in [3.05, 3.63) is 35.4 Å². The molecule has 2 heteroatoms. The summed E-state index contributed by atoms with van der Waals surface area (Å²) in [6, 6.07) is 8.99. The number of hydrogen-bond acceptors (Lipinski definition) is 2. The van der Waals surface area contributed by atoms with Gasteiger partial charge in [-0.05, 0) is 43.4 Å². The Kier molecular flexibility index (Phi) is 4.64. The molecule has 1 N–H and O–H groups in total. The van der Waals surface area contributed by atoms with Crippen molar-refractivity contribution in [3.63, 3.8) is 0 Å². The predicted molar refractivity (Wildman–Crippen MR) is 80.1 cm³/mol. The van der Waals surface area contributed by atoms with E-state index in [1.54, 1.807) is 0 Å². The average molecular weight is 261 g/mol. The van der Waals surface area contributed by atoms with Crippen molar-refractivity contribution in [1.29, 1.82) is 0 Å². The van der Waals surface area contributed by atoms with Gasteiger partial charge in [-0.3, -0.25) is 0 Å². The second kappa shape index (κ2) is 6.06. The van der Waals surface area contributed by atoms with Gasteiger partial charge in [-0.1, -0.05) is 38.1 Å². The Bertz CT molecular complexity index is 392. The molecule has 1 aliphatic carbocycles. The smallest absolute Gasteiger partial charge is 0.0499 e. The normalized spacial score (nSPS) is 17.2. The van der Waals surface area contributed by atoms with Gasteiger partial charge in [0.15, 0.2) is 0 Å². The average Bonchev–Trinajstić information content (AvgIpc) is 3.11. The fourth-order valence-electron chi connectivity index (χ4n) is 2.74. The number of aliphatic hydroxyl groups is 1. The zero-order valence-corrected chi connectivity index (χ0v) is 12.5. The Morgan fingerprint density at radius 1 is 1.16 bits per heavy atom. The molecule has 0 atom stereocenters. The summed E-state index contributed by atoms with van der Waals surface area (Å²) in [5.41, 5.74) is 3.01. The van der Waals surface area contributed by atoms with E-state index in [-0.39, 0.29) is 5.41 Å². The summed E-state index contributed by atoms with van der Waals surface area (Å²) < 4.78 is 0. The fourth-order valence-corrected chi connectivity index (χ4v) is 2.74. The molecule has 0 saturated heterocycles. The van der Waals surface area contributed by atoms with Gasteiger partial charge in [0.25, 0.3) is 0 Å².